The first-order valence-electron chi connectivity index (χ1n) is 11.2. The molecule has 0 aliphatic rings. The number of nitrogens with zero attached hydrogens (tertiary/aromatic N) is 9. The predicted molar refractivity (Wildman–Crippen MR) is 129 cm³/mol. The van der Waals surface area contributed by atoms with Gasteiger partial charge in [-0.1, -0.05) is 48.8 Å². The van der Waals surface area contributed by atoms with Gasteiger partial charge >= 0.3 is 0 Å². The minimum absolute atomic E-state index is 0.218. The third-order valence-corrected chi connectivity index (χ3v) is 6.39. The van der Waals surface area contributed by atoms with Crippen LogP contribution in [0.3, 0.4) is 0 Å². The van der Waals surface area contributed by atoms with Crippen molar-refractivity contribution in [2.75, 3.05) is 4.90 Å². The number of amides is 1. The standard InChI is InChI=1S/C22H23N11OS/c1-2-3-6-19-23-12-18(21(34)33(22-26-30-31-27-22)14-17-5-4-11-35-17)32(19)13-15-7-9-16(10-8-15)20-24-28-29-25-20/h4-5,7-12H,2-3,6,13-14H2,1H3,(H,24,25,28,29)(H,26,27,30,31). The van der Waals surface area contributed by atoms with Crippen molar-refractivity contribution in [1.29, 1.82) is 0 Å². The zero-order chi connectivity index (χ0) is 24.0. The van der Waals surface area contributed by atoms with Gasteiger partial charge in [0.05, 0.1) is 12.7 Å². The Hall–Kier alpha value is -4.26. The maximum absolute atomic E-state index is 13.8. The number of unbranched alkanes of at least 4 members (excludes halogenated alkanes) is 1. The Labute approximate surface area is 204 Å². The van der Waals surface area contributed by atoms with Gasteiger partial charge in [0.1, 0.15) is 11.5 Å². The molecule has 0 aliphatic carbocycles. The summed E-state index contributed by atoms with van der Waals surface area (Å²) in [6, 6.07) is 11.8. The minimum Gasteiger partial charge on any atom is -0.319 e. The fourth-order valence-corrected chi connectivity index (χ4v) is 4.42. The number of carbonyl (C=O) groups is 1. The Morgan fingerprint density at radius 3 is 2.60 bits per heavy atom. The normalized spacial score (nSPS) is 11.1. The molecule has 2 N–H and O–H groups in total. The second-order valence-electron chi connectivity index (χ2n) is 7.86. The van der Waals surface area contributed by atoms with E-state index in [1.54, 1.807) is 17.5 Å². The van der Waals surface area contributed by atoms with E-state index in [9.17, 15) is 4.79 Å². The summed E-state index contributed by atoms with van der Waals surface area (Å²) in [5.41, 5.74) is 2.35. The first kappa shape index (κ1) is 22.5. The molecule has 0 bridgehead atoms. The molecule has 0 aliphatic heterocycles. The summed E-state index contributed by atoms with van der Waals surface area (Å²) in [5, 5.41) is 30.3. The van der Waals surface area contributed by atoms with Gasteiger partial charge in [-0.2, -0.15) is 10.4 Å². The Morgan fingerprint density at radius 1 is 1.09 bits per heavy atom. The van der Waals surface area contributed by atoms with Crippen LogP contribution in [0.5, 0.6) is 0 Å². The van der Waals surface area contributed by atoms with Crippen molar-refractivity contribution < 1.29 is 4.79 Å². The van der Waals surface area contributed by atoms with Crippen molar-refractivity contribution in [2.45, 2.75) is 39.3 Å². The lowest BCUT2D eigenvalue weighted by atomic mass is 10.1. The zero-order valence-corrected chi connectivity index (χ0v) is 19.8. The molecule has 0 radical (unpaired) electrons. The van der Waals surface area contributed by atoms with Crippen LogP contribution in [-0.4, -0.2) is 56.7 Å². The van der Waals surface area contributed by atoms with Gasteiger partial charge in [0.25, 0.3) is 11.9 Å². The molecule has 1 amide bonds. The quantitative estimate of drug-likeness (QED) is 0.304. The molecule has 5 aromatic rings. The van der Waals surface area contributed by atoms with Gasteiger partial charge < -0.3 is 4.57 Å². The van der Waals surface area contributed by atoms with E-state index in [0.717, 1.165) is 41.1 Å². The van der Waals surface area contributed by atoms with Crippen LogP contribution < -0.4 is 4.90 Å². The highest BCUT2D eigenvalue weighted by Crippen LogP contribution is 2.21. The van der Waals surface area contributed by atoms with Crippen molar-refractivity contribution in [1.82, 2.24) is 50.8 Å². The fraction of sp³-hybridized carbons (Fsp3) is 0.273. The molecule has 13 heteroatoms. The summed E-state index contributed by atoms with van der Waals surface area (Å²) in [7, 11) is 0. The van der Waals surface area contributed by atoms with E-state index in [0.29, 0.717) is 24.6 Å². The SMILES string of the molecule is CCCCc1ncc(C(=O)N(Cc2cccs2)c2nn[nH]n2)n1Cc1ccc(-c2nn[nH]n2)cc1. The molecule has 0 spiro atoms. The largest absolute Gasteiger partial charge is 0.319 e. The summed E-state index contributed by atoms with van der Waals surface area (Å²) in [5.74, 6) is 1.37. The molecule has 5 rings (SSSR count). The number of benzene rings is 1. The average Bonchev–Trinajstić information content (AvgIpc) is 3.70. The number of H-pyrrole nitrogens is 2. The van der Waals surface area contributed by atoms with Gasteiger partial charge in [-0.3, -0.25) is 9.69 Å². The molecule has 0 saturated carbocycles. The van der Waals surface area contributed by atoms with Crippen molar-refractivity contribution in [2.24, 2.45) is 0 Å². The molecule has 35 heavy (non-hydrogen) atoms. The van der Waals surface area contributed by atoms with Crippen molar-refractivity contribution in [3.8, 4) is 11.4 Å². The van der Waals surface area contributed by atoms with Crippen molar-refractivity contribution in [3.63, 3.8) is 0 Å². The highest BCUT2D eigenvalue weighted by molar-refractivity contribution is 7.09. The molecule has 1 aromatic carbocycles. The van der Waals surface area contributed by atoms with Crippen LogP contribution in [0.25, 0.3) is 11.4 Å². The van der Waals surface area contributed by atoms with Gasteiger partial charge in [-0.15, -0.1) is 26.6 Å². The number of tetrazole rings is 2. The Bertz CT molecular complexity index is 1340. The lowest BCUT2D eigenvalue weighted by molar-refractivity contribution is 0.0975. The first-order valence-corrected chi connectivity index (χ1v) is 12.1. The van der Waals surface area contributed by atoms with Crippen LogP contribution in [0.4, 0.5) is 5.95 Å². The molecule has 12 nitrogen and oxygen atoms in total. The number of hydrogen-bond donors (Lipinski definition) is 2. The minimum atomic E-state index is -0.238. The van der Waals surface area contributed by atoms with E-state index in [-0.39, 0.29) is 11.9 Å². The molecule has 0 fully saturated rings. The lowest BCUT2D eigenvalue weighted by Crippen LogP contribution is -2.33. The number of aromatic nitrogens is 10. The Kier molecular flexibility index (Phi) is 6.66. The summed E-state index contributed by atoms with van der Waals surface area (Å²) in [6.07, 6.45) is 4.43. The summed E-state index contributed by atoms with van der Waals surface area (Å²) < 4.78 is 1.98. The number of imidazole rings is 1. The number of aromatic amines is 2. The average molecular weight is 490 g/mol. The maximum Gasteiger partial charge on any atom is 0.279 e. The topological polar surface area (TPSA) is 147 Å². The summed E-state index contributed by atoms with van der Waals surface area (Å²) in [6.45, 7) is 2.96. The predicted octanol–water partition coefficient (Wildman–Crippen LogP) is 2.88. The van der Waals surface area contributed by atoms with Gasteiger partial charge in [-0.05, 0) is 33.9 Å². The van der Waals surface area contributed by atoms with E-state index < -0.39 is 0 Å². The van der Waals surface area contributed by atoms with E-state index in [2.05, 4.69) is 53.2 Å². The van der Waals surface area contributed by atoms with Crippen LogP contribution >= 0.6 is 11.3 Å². The van der Waals surface area contributed by atoms with Crippen LogP contribution in [-0.2, 0) is 19.5 Å². The number of rotatable bonds is 10. The van der Waals surface area contributed by atoms with Gasteiger partial charge in [0.2, 0.25) is 5.82 Å². The number of anilines is 1. The molecule has 0 atom stereocenters. The molecular weight excluding hydrogens is 466 g/mol. The summed E-state index contributed by atoms with van der Waals surface area (Å²) in [4.78, 5) is 20.9. The van der Waals surface area contributed by atoms with Gasteiger partial charge in [-0.25, -0.2) is 4.98 Å². The number of thiophene rings is 1. The Balaban J connectivity index is 1.46. The monoisotopic (exact) mass is 489 g/mol. The van der Waals surface area contributed by atoms with E-state index >= 15 is 0 Å². The second-order valence-corrected chi connectivity index (χ2v) is 8.90. The van der Waals surface area contributed by atoms with E-state index in [1.807, 2.05) is 46.3 Å². The number of aryl methyl sites for hydroxylation is 1. The molecule has 178 valence electrons. The van der Waals surface area contributed by atoms with E-state index in [4.69, 9.17) is 0 Å². The summed E-state index contributed by atoms with van der Waals surface area (Å²) >= 11 is 1.57. The van der Waals surface area contributed by atoms with Gasteiger partial charge in [0.15, 0.2) is 0 Å². The number of carbonyl (C=O) groups excluding carboxylic acids is 1. The van der Waals surface area contributed by atoms with Crippen LogP contribution in [0.1, 0.15) is 46.5 Å². The van der Waals surface area contributed by atoms with Crippen LogP contribution in [0, 0.1) is 0 Å². The third kappa shape index (κ3) is 4.99. The second kappa shape index (κ2) is 10.3. The van der Waals surface area contributed by atoms with Crippen molar-refractivity contribution >= 4 is 23.2 Å². The van der Waals surface area contributed by atoms with Crippen molar-refractivity contribution in [3.05, 3.63) is 69.9 Å². The maximum atomic E-state index is 13.8. The number of hydrogen-bond acceptors (Lipinski definition) is 9. The highest BCUT2D eigenvalue weighted by atomic mass is 32.1. The zero-order valence-electron chi connectivity index (χ0n) is 19.0. The van der Waals surface area contributed by atoms with Crippen LogP contribution in [0.2, 0.25) is 0 Å². The molecule has 0 saturated heterocycles. The van der Waals surface area contributed by atoms with Gasteiger partial charge in [0, 0.05) is 23.4 Å². The molecule has 4 aromatic heterocycles. The van der Waals surface area contributed by atoms with E-state index in [1.165, 1.54) is 4.90 Å². The lowest BCUT2D eigenvalue weighted by Gasteiger charge is -2.19. The smallest absolute Gasteiger partial charge is 0.279 e. The molecule has 4 heterocycles. The third-order valence-electron chi connectivity index (χ3n) is 5.52. The Morgan fingerprint density at radius 2 is 1.91 bits per heavy atom. The molecule has 0 unspecified atom stereocenters. The fourth-order valence-electron chi connectivity index (χ4n) is 3.72. The highest BCUT2D eigenvalue weighted by Gasteiger charge is 2.26. The van der Waals surface area contributed by atoms with Crippen LogP contribution in [0.15, 0.2) is 48.0 Å². The number of nitrogens with one attached hydrogen (secondary N) is 2. The first-order chi connectivity index (χ1) is 17.2. The molecular formula is C22H23N11OS.